The molecule has 0 bridgehead atoms. The summed E-state index contributed by atoms with van der Waals surface area (Å²) in [7, 11) is 0. The molecule has 1 saturated carbocycles. The number of nitrogens with zero attached hydrogens (tertiary/aromatic N) is 4. The van der Waals surface area contributed by atoms with E-state index in [4.69, 9.17) is 5.73 Å². The first-order chi connectivity index (χ1) is 9.54. The molecular formula is C12H17N5O3. The number of carbonyl (C=O) groups excluding carboxylic acids is 1. The molecule has 8 heteroatoms. The Kier molecular flexibility index (Phi) is 3.17. The van der Waals surface area contributed by atoms with Gasteiger partial charge < -0.3 is 20.7 Å². The topological polar surface area (TPSA) is 107 Å². The molecular weight excluding hydrogens is 262 g/mol. The number of nitro groups is 1. The average Bonchev–Trinajstić information content (AvgIpc) is 3.07. The molecule has 8 nitrogen and oxygen atoms in total. The monoisotopic (exact) mass is 279 g/mol. The quantitative estimate of drug-likeness (QED) is 0.618. The predicted molar refractivity (Wildman–Crippen MR) is 69.7 cm³/mol. The molecule has 1 saturated heterocycles. The Morgan fingerprint density at radius 2 is 2.30 bits per heavy atom. The standard InChI is InChI=1S/C12H17N5O3/c13-10-2-1-8-5-15(6-9(8)10)12(18)7-16-4-3-11(14-16)17(19)20/h3-4,8-10H,1-2,5-7,13H2. The third-order valence-electron chi connectivity index (χ3n) is 4.38. The molecule has 20 heavy (non-hydrogen) atoms. The highest BCUT2D eigenvalue weighted by atomic mass is 16.6. The predicted octanol–water partition coefficient (Wildman–Crippen LogP) is -0.0130. The van der Waals surface area contributed by atoms with Gasteiger partial charge in [0.1, 0.15) is 6.54 Å². The van der Waals surface area contributed by atoms with E-state index in [1.54, 1.807) is 0 Å². The fourth-order valence-corrected chi connectivity index (χ4v) is 3.29. The fourth-order valence-electron chi connectivity index (χ4n) is 3.29. The van der Waals surface area contributed by atoms with Gasteiger partial charge in [-0.3, -0.25) is 4.79 Å². The number of carbonyl (C=O) groups is 1. The number of amides is 1. The number of fused-ring (bicyclic) bond motifs is 1. The Balaban J connectivity index is 1.61. The molecule has 1 aliphatic heterocycles. The maximum absolute atomic E-state index is 12.2. The third-order valence-corrected chi connectivity index (χ3v) is 4.38. The van der Waals surface area contributed by atoms with E-state index in [0.29, 0.717) is 18.4 Å². The minimum absolute atomic E-state index is 0.0442. The van der Waals surface area contributed by atoms with E-state index in [1.165, 1.54) is 16.9 Å². The SMILES string of the molecule is NC1CCC2CN(C(=O)Cn3ccc([N+](=O)[O-])n3)CC12. The van der Waals surface area contributed by atoms with Crippen molar-refractivity contribution >= 4 is 11.7 Å². The van der Waals surface area contributed by atoms with Crippen LogP contribution in [0.4, 0.5) is 5.82 Å². The summed E-state index contributed by atoms with van der Waals surface area (Å²) in [5, 5.41) is 14.3. The maximum atomic E-state index is 12.2. The van der Waals surface area contributed by atoms with E-state index in [2.05, 4.69) is 5.10 Å². The molecule has 108 valence electrons. The van der Waals surface area contributed by atoms with Crippen LogP contribution in [0.25, 0.3) is 0 Å². The Morgan fingerprint density at radius 3 is 2.95 bits per heavy atom. The first-order valence-electron chi connectivity index (χ1n) is 6.76. The van der Waals surface area contributed by atoms with Crippen molar-refractivity contribution in [1.82, 2.24) is 14.7 Å². The Hall–Kier alpha value is -1.96. The summed E-state index contributed by atoms with van der Waals surface area (Å²) in [5.41, 5.74) is 6.04. The summed E-state index contributed by atoms with van der Waals surface area (Å²) in [6.45, 7) is 1.50. The van der Waals surface area contributed by atoms with E-state index in [-0.39, 0.29) is 24.3 Å². The molecule has 1 amide bonds. The summed E-state index contributed by atoms with van der Waals surface area (Å²) >= 11 is 0. The molecule has 3 unspecified atom stereocenters. The van der Waals surface area contributed by atoms with Crippen LogP contribution in [-0.4, -0.2) is 44.6 Å². The summed E-state index contributed by atoms with van der Waals surface area (Å²) in [4.78, 5) is 24.0. The summed E-state index contributed by atoms with van der Waals surface area (Å²) in [6.07, 6.45) is 3.59. The zero-order valence-corrected chi connectivity index (χ0v) is 11.0. The van der Waals surface area contributed by atoms with Gasteiger partial charge in [-0.05, 0) is 29.6 Å². The zero-order valence-electron chi connectivity index (χ0n) is 11.0. The molecule has 2 fully saturated rings. The summed E-state index contributed by atoms with van der Waals surface area (Å²) in [5.74, 6) is 0.634. The summed E-state index contributed by atoms with van der Waals surface area (Å²) < 4.78 is 1.31. The van der Waals surface area contributed by atoms with Crippen LogP contribution in [0.3, 0.4) is 0 Å². The van der Waals surface area contributed by atoms with E-state index in [1.807, 2.05) is 4.90 Å². The third kappa shape index (κ3) is 2.26. The molecule has 3 atom stereocenters. The van der Waals surface area contributed by atoms with Crippen LogP contribution in [0.1, 0.15) is 12.8 Å². The molecule has 1 aliphatic carbocycles. The molecule has 1 aromatic rings. The van der Waals surface area contributed by atoms with Crippen LogP contribution in [0.15, 0.2) is 12.3 Å². The number of aromatic nitrogens is 2. The van der Waals surface area contributed by atoms with Crippen LogP contribution < -0.4 is 5.73 Å². The van der Waals surface area contributed by atoms with Crippen molar-refractivity contribution in [2.45, 2.75) is 25.4 Å². The first kappa shape index (κ1) is 13.0. The molecule has 0 radical (unpaired) electrons. The number of rotatable bonds is 3. The largest absolute Gasteiger partial charge is 0.389 e. The minimum Gasteiger partial charge on any atom is -0.358 e. The van der Waals surface area contributed by atoms with Gasteiger partial charge >= 0.3 is 5.82 Å². The Labute approximate surface area is 115 Å². The van der Waals surface area contributed by atoms with Crippen molar-refractivity contribution < 1.29 is 9.72 Å². The van der Waals surface area contributed by atoms with Crippen LogP contribution >= 0.6 is 0 Å². The molecule has 2 heterocycles. The highest BCUT2D eigenvalue weighted by Crippen LogP contribution is 2.37. The van der Waals surface area contributed by atoms with Crippen molar-refractivity contribution in [2.75, 3.05) is 13.1 Å². The Morgan fingerprint density at radius 1 is 1.50 bits per heavy atom. The number of hydrogen-bond donors (Lipinski definition) is 1. The van der Waals surface area contributed by atoms with Gasteiger partial charge in [0.25, 0.3) is 0 Å². The van der Waals surface area contributed by atoms with Crippen LogP contribution in [-0.2, 0) is 11.3 Å². The Bertz CT molecular complexity index is 543. The van der Waals surface area contributed by atoms with Gasteiger partial charge in [0.05, 0.1) is 17.4 Å². The van der Waals surface area contributed by atoms with Crippen molar-refractivity contribution in [3.63, 3.8) is 0 Å². The van der Waals surface area contributed by atoms with Crippen LogP contribution in [0.5, 0.6) is 0 Å². The van der Waals surface area contributed by atoms with Gasteiger partial charge in [-0.1, -0.05) is 0 Å². The van der Waals surface area contributed by atoms with Crippen molar-refractivity contribution in [1.29, 1.82) is 0 Å². The number of likely N-dealkylation sites (tertiary alicyclic amines) is 1. The average molecular weight is 279 g/mol. The molecule has 2 N–H and O–H groups in total. The number of hydrogen-bond acceptors (Lipinski definition) is 5. The highest BCUT2D eigenvalue weighted by Gasteiger charge is 2.42. The molecule has 0 aromatic carbocycles. The molecule has 1 aromatic heterocycles. The van der Waals surface area contributed by atoms with Gasteiger partial charge in [-0.25, -0.2) is 0 Å². The second-order valence-corrected chi connectivity index (χ2v) is 5.59. The van der Waals surface area contributed by atoms with E-state index in [0.717, 1.165) is 19.4 Å². The maximum Gasteiger partial charge on any atom is 0.389 e. The fraction of sp³-hybridized carbons (Fsp3) is 0.667. The second-order valence-electron chi connectivity index (χ2n) is 5.59. The lowest BCUT2D eigenvalue weighted by Gasteiger charge is -2.18. The van der Waals surface area contributed by atoms with Crippen LogP contribution in [0, 0.1) is 22.0 Å². The van der Waals surface area contributed by atoms with Gasteiger partial charge in [0.15, 0.2) is 0 Å². The van der Waals surface area contributed by atoms with Crippen molar-refractivity contribution in [2.24, 2.45) is 17.6 Å². The summed E-state index contributed by atoms with van der Waals surface area (Å²) in [6, 6.07) is 1.49. The van der Waals surface area contributed by atoms with Gasteiger partial charge in [-0.15, -0.1) is 0 Å². The molecule has 0 spiro atoms. The second kappa shape index (κ2) is 4.86. The normalized spacial score (nSPS) is 28.6. The molecule has 2 aliphatic rings. The van der Waals surface area contributed by atoms with Crippen LogP contribution in [0.2, 0.25) is 0 Å². The molecule has 3 rings (SSSR count). The van der Waals surface area contributed by atoms with E-state index >= 15 is 0 Å². The van der Waals surface area contributed by atoms with E-state index < -0.39 is 4.92 Å². The lowest BCUT2D eigenvalue weighted by atomic mass is 9.98. The van der Waals surface area contributed by atoms with Gasteiger partial charge in [0, 0.05) is 19.1 Å². The van der Waals surface area contributed by atoms with Crippen molar-refractivity contribution in [3.8, 4) is 0 Å². The van der Waals surface area contributed by atoms with Gasteiger partial charge in [-0.2, -0.15) is 4.68 Å². The lowest BCUT2D eigenvalue weighted by Crippen LogP contribution is -2.35. The van der Waals surface area contributed by atoms with Gasteiger partial charge in [0.2, 0.25) is 5.91 Å². The smallest absolute Gasteiger partial charge is 0.358 e. The minimum atomic E-state index is -0.569. The highest BCUT2D eigenvalue weighted by molar-refractivity contribution is 5.76. The van der Waals surface area contributed by atoms with E-state index in [9.17, 15) is 14.9 Å². The zero-order chi connectivity index (χ0) is 14.3. The van der Waals surface area contributed by atoms with Crippen molar-refractivity contribution in [3.05, 3.63) is 22.4 Å². The lowest BCUT2D eigenvalue weighted by molar-refractivity contribution is -0.389. The number of nitrogens with two attached hydrogens (primary N) is 1. The first-order valence-corrected chi connectivity index (χ1v) is 6.76.